The molecule has 5 nitrogen and oxygen atoms in total. The van der Waals surface area contributed by atoms with Crippen LogP contribution in [-0.4, -0.2) is 33.8 Å². The highest BCUT2D eigenvalue weighted by molar-refractivity contribution is 7.85. The third-order valence-corrected chi connectivity index (χ3v) is 7.28. The van der Waals surface area contributed by atoms with Gasteiger partial charge in [-0.15, -0.1) is 0 Å². The van der Waals surface area contributed by atoms with E-state index in [1.807, 2.05) is 12.3 Å². The van der Waals surface area contributed by atoms with Crippen molar-refractivity contribution in [1.29, 1.82) is 4.78 Å². The zero-order chi connectivity index (χ0) is 19.5. The van der Waals surface area contributed by atoms with E-state index < -0.39 is 10.7 Å². The topological polar surface area (TPSA) is 68.7 Å². The van der Waals surface area contributed by atoms with E-state index in [1.54, 1.807) is 18.5 Å². The van der Waals surface area contributed by atoms with Gasteiger partial charge in [0.2, 0.25) is 0 Å². The summed E-state index contributed by atoms with van der Waals surface area (Å²) in [5.74, 6) is 3.07. The molecule has 2 heterocycles. The third-order valence-electron chi connectivity index (χ3n) is 5.72. The number of nitrogens with zero attached hydrogens (tertiary/aromatic N) is 3. The first kappa shape index (κ1) is 19.1. The summed E-state index contributed by atoms with van der Waals surface area (Å²) in [6, 6.07) is 9.10. The summed E-state index contributed by atoms with van der Waals surface area (Å²) < 4.78 is 21.5. The normalized spacial score (nSPS) is 20.9. The van der Waals surface area contributed by atoms with E-state index >= 15 is 0 Å². The van der Waals surface area contributed by atoms with Gasteiger partial charge >= 0.3 is 0 Å². The van der Waals surface area contributed by atoms with Gasteiger partial charge in [0.25, 0.3) is 0 Å². The van der Waals surface area contributed by atoms with Crippen LogP contribution >= 0.6 is 0 Å². The first-order chi connectivity index (χ1) is 13.6. The van der Waals surface area contributed by atoms with Gasteiger partial charge in [0.1, 0.15) is 23.6 Å². The van der Waals surface area contributed by atoms with Crippen LogP contribution in [-0.2, 0) is 16.4 Å². The van der Waals surface area contributed by atoms with E-state index in [2.05, 4.69) is 26.9 Å². The Bertz CT molecular complexity index is 947. The molecule has 2 aromatic heterocycles. The second kappa shape index (κ2) is 8.39. The van der Waals surface area contributed by atoms with Crippen molar-refractivity contribution in [3.8, 4) is 0 Å². The number of benzene rings is 1. The van der Waals surface area contributed by atoms with Crippen LogP contribution in [0.15, 0.2) is 42.9 Å². The van der Waals surface area contributed by atoms with Gasteiger partial charge in [-0.3, -0.25) is 4.78 Å². The van der Waals surface area contributed by atoms with E-state index in [1.165, 1.54) is 12.1 Å². The molecule has 0 spiro atoms. The van der Waals surface area contributed by atoms with Crippen molar-refractivity contribution in [3.05, 3.63) is 54.2 Å². The van der Waals surface area contributed by atoms with Crippen molar-refractivity contribution in [2.45, 2.75) is 37.5 Å². The Morgan fingerprint density at radius 2 is 1.89 bits per heavy atom. The van der Waals surface area contributed by atoms with Crippen molar-refractivity contribution < 1.29 is 4.39 Å². The molecule has 3 aromatic rings. The number of hydrogen-bond acceptors (Lipinski definition) is 4. The second-order valence-electron chi connectivity index (χ2n) is 7.65. The number of nitrogens with one attached hydrogen (secondary N) is 2. The van der Waals surface area contributed by atoms with Crippen LogP contribution < -0.4 is 4.90 Å². The van der Waals surface area contributed by atoms with Gasteiger partial charge in [-0.05, 0) is 55.4 Å². The van der Waals surface area contributed by atoms with Crippen molar-refractivity contribution >= 4 is 27.5 Å². The van der Waals surface area contributed by atoms with Gasteiger partial charge in [0, 0.05) is 30.8 Å². The summed E-state index contributed by atoms with van der Waals surface area (Å²) in [5.41, 5.74) is 1.94. The van der Waals surface area contributed by atoms with Gasteiger partial charge in [-0.1, -0.05) is 22.8 Å². The van der Waals surface area contributed by atoms with E-state index in [-0.39, 0.29) is 5.82 Å². The largest absolute Gasteiger partial charge is 0.356 e. The monoisotopic (exact) mass is 399 g/mol. The van der Waals surface area contributed by atoms with Crippen molar-refractivity contribution in [2.24, 2.45) is 5.92 Å². The molecule has 1 fully saturated rings. The van der Waals surface area contributed by atoms with Crippen LogP contribution in [0.4, 0.5) is 10.2 Å². The maximum absolute atomic E-state index is 13.0. The summed E-state index contributed by atoms with van der Waals surface area (Å²) in [6.07, 6.45) is 8.10. The number of rotatable bonds is 6. The number of anilines is 1. The SMILES string of the molecule is CN(c1ncnc2[nH]ccc12)C1CCC(CS(=N)Cc2ccc(F)cc2)CC1. The lowest BCUT2D eigenvalue weighted by Gasteiger charge is -2.35. The quantitative estimate of drug-likeness (QED) is 0.633. The molecule has 2 N–H and O–H groups in total. The molecule has 148 valence electrons. The zero-order valence-corrected chi connectivity index (χ0v) is 16.9. The van der Waals surface area contributed by atoms with Crippen molar-refractivity contribution in [3.63, 3.8) is 0 Å². The van der Waals surface area contributed by atoms with Crippen molar-refractivity contribution in [2.75, 3.05) is 17.7 Å². The Kier molecular flexibility index (Phi) is 5.71. The van der Waals surface area contributed by atoms with Crippen LogP contribution in [0.25, 0.3) is 11.0 Å². The smallest absolute Gasteiger partial charge is 0.142 e. The molecular weight excluding hydrogens is 373 g/mol. The average molecular weight is 400 g/mol. The number of aromatic nitrogens is 3. The molecular formula is C21H26FN5S. The molecule has 7 heteroatoms. The molecule has 1 aliphatic rings. The number of halogens is 1. The number of aromatic amines is 1. The molecule has 1 unspecified atom stereocenters. The fourth-order valence-corrected chi connectivity index (χ4v) is 5.75. The summed E-state index contributed by atoms with van der Waals surface area (Å²) in [5, 5.41) is 1.07. The molecule has 0 radical (unpaired) electrons. The number of hydrogen-bond donors (Lipinski definition) is 2. The molecule has 1 saturated carbocycles. The molecule has 1 atom stereocenters. The van der Waals surface area contributed by atoms with Crippen molar-refractivity contribution in [1.82, 2.24) is 15.0 Å². The summed E-state index contributed by atoms with van der Waals surface area (Å²) in [6.45, 7) is 0. The second-order valence-corrected chi connectivity index (χ2v) is 9.26. The predicted molar refractivity (Wildman–Crippen MR) is 113 cm³/mol. The molecule has 28 heavy (non-hydrogen) atoms. The lowest BCUT2D eigenvalue weighted by Crippen LogP contribution is -2.36. The van der Waals surface area contributed by atoms with E-state index in [4.69, 9.17) is 4.78 Å². The molecule has 1 aliphatic carbocycles. The zero-order valence-electron chi connectivity index (χ0n) is 16.1. The maximum atomic E-state index is 13.0. The Hall–Kier alpha value is -2.28. The van der Waals surface area contributed by atoms with Crippen LogP contribution in [0.1, 0.15) is 31.2 Å². The average Bonchev–Trinajstić information content (AvgIpc) is 3.19. The van der Waals surface area contributed by atoms with Crippen LogP contribution in [0.5, 0.6) is 0 Å². The summed E-state index contributed by atoms with van der Waals surface area (Å²) >= 11 is 0. The van der Waals surface area contributed by atoms with Crippen LogP contribution in [0.2, 0.25) is 0 Å². The Morgan fingerprint density at radius 1 is 1.14 bits per heavy atom. The molecule has 1 aromatic carbocycles. The first-order valence-electron chi connectivity index (χ1n) is 9.74. The lowest BCUT2D eigenvalue weighted by atomic mass is 9.86. The molecule has 0 aliphatic heterocycles. The van der Waals surface area contributed by atoms with Crippen LogP contribution in [0, 0.1) is 16.5 Å². The summed E-state index contributed by atoms with van der Waals surface area (Å²) in [4.78, 5) is 14.2. The number of fused-ring (bicyclic) bond motifs is 1. The minimum atomic E-state index is -0.407. The highest BCUT2D eigenvalue weighted by atomic mass is 32.2. The van der Waals surface area contributed by atoms with Crippen LogP contribution in [0.3, 0.4) is 0 Å². The summed E-state index contributed by atoms with van der Waals surface area (Å²) in [7, 11) is 1.72. The third kappa shape index (κ3) is 4.24. The van der Waals surface area contributed by atoms with E-state index in [0.29, 0.717) is 12.0 Å². The number of H-pyrrole nitrogens is 1. The Labute approximate surface area is 167 Å². The standard InChI is InChI=1S/C21H26FN5S/c1-27(21-19-10-11-24-20(19)25-14-26-21)18-8-4-16(5-9-18)13-28(23)12-15-2-6-17(22)7-3-15/h2-3,6-7,10-11,14,16,18,23H,4-5,8-9,12-13H2,1H3,(H,24,25,26). The minimum Gasteiger partial charge on any atom is -0.356 e. The highest BCUT2D eigenvalue weighted by Crippen LogP contribution is 2.32. The minimum absolute atomic E-state index is 0.211. The Morgan fingerprint density at radius 3 is 2.64 bits per heavy atom. The maximum Gasteiger partial charge on any atom is 0.142 e. The van der Waals surface area contributed by atoms with Gasteiger partial charge in [-0.2, -0.15) is 0 Å². The fraction of sp³-hybridized carbons (Fsp3) is 0.429. The molecule has 4 rings (SSSR count). The first-order valence-corrected chi connectivity index (χ1v) is 11.3. The Balaban J connectivity index is 1.31. The van der Waals surface area contributed by atoms with Gasteiger partial charge in [-0.25, -0.2) is 14.4 Å². The molecule has 0 amide bonds. The van der Waals surface area contributed by atoms with E-state index in [0.717, 1.165) is 59.6 Å². The van der Waals surface area contributed by atoms with Gasteiger partial charge in [0.05, 0.1) is 5.39 Å². The van der Waals surface area contributed by atoms with E-state index in [9.17, 15) is 4.39 Å². The lowest BCUT2D eigenvalue weighted by molar-refractivity contribution is 0.344. The van der Waals surface area contributed by atoms with Gasteiger partial charge in [0.15, 0.2) is 0 Å². The molecule has 0 bridgehead atoms. The molecule has 0 saturated heterocycles. The van der Waals surface area contributed by atoms with Gasteiger partial charge < -0.3 is 9.88 Å². The fourth-order valence-electron chi connectivity index (χ4n) is 4.14. The predicted octanol–water partition coefficient (Wildman–Crippen LogP) is 4.67. The highest BCUT2D eigenvalue weighted by Gasteiger charge is 2.26.